The van der Waals surface area contributed by atoms with Gasteiger partial charge in [-0.05, 0) is 12.1 Å². The summed E-state index contributed by atoms with van der Waals surface area (Å²) in [7, 11) is 0. The largest absolute Gasteiger partial charge is 0.472 e. The minimum atomic E-state index is -4.45. The third-order valence-corrected chi connectivity index (χ3v) is 3.76. The van der Waals surface area contributed by atoms with Crippen molar-refractivity contribution in [2.24, 2.45) is 0 Å². The summed E-state index contributed by atoms with van der Waals surface area (Å²) < 4.78 is 43.1. The van der Waals surface area contributed by atoms with Gasteiger partial charge in [0.15, 0.2) is 0 Å². The minimum Gasteiger partial charge on any atom is -0.472 e. The molecular weight excluding hydrogens is 341 g/mol. The van der Waals surface area contributed by atoms with Crippen LogP contribution in [0, 0.1) is 10.1 Å². The lowest BCUT2D eigenvalue weighted by Gasteiger charge is -2.17. The number of hydrogen-bond acceptors (Lipinski definition) is 6. The summed E-state index contributed by atoms with van der Waals surface area (Å²) in [5.41, 5.74) is -0.951. The van der Waals surface area contributed by atoms with Crippen molar-refractivity contribution in [2.45, 2.75) is 18.7 Å². The molecule has 0 N–H and O–H groups in total. The molecule has 1 unspecified atom stereocenters. The molecule has 25 heavy (non-hydrogen) atoms. The first-order chi connectivity index (χ1) is 11.8. The molecule has 0 spiro atoms. The van der Waals surface area contributed by atoms with Gasteiger partial charge in [0.1, 0.15) is 6.10 Å². The molecule has 1 aliphatic rings. The van der Waals surface area contributed by atoms with Gasteiger partial charge in [-0.2, -0.15) is 13.2 Å². The fourth-order valence-corrected chi connectivity index (χ4v) is 2.58. The average Bonchev–Trinajstić information content (AvgIpc) is 3.03. The van der Waals surface area contributed by atoms with Crippen LogP contribution >= 0.6 is 0 Å². The lowest BCUT2D eigenvalue weighted by molar-refractivity contribution is -0.384. The van der Waals surface area contributed by atoms with Gasteiger partial charge in [-0.15, -0.1) is 0 Å². The highest BCUT2D eigenvalue weighted by Crippen LogP contribution is 2.31. The highest BCUT2D eigenvalue weighted by Gasteiger charge is 2.32. The molecule has 0 radical (unpaired) electrons. The van der Waals surface area contributed by atoms with Crippen LogP contribution in [0.1, 0.15) is 12.0 Å². The number of alkyl halides is 3. The van der Waals surface area contributed by atoms with Crippen molar-refractivity contribution in [3.63, 3.8) is 0 Å². The van der Waals surface area contributed by atoms with Crippen LogP contribution < -0.4 is 9.64 Å². The smallest absolute Gasteiger partial charge is 0.417 e. The van der Waals surface area contributed by atoms with Crippen LogP contribution in [-0.2, 0) is 6.18 Å². The highest BCUT2D eigenvalue weighted by molar-refractivity contribution is 5.57. The number of nitro groups is 1. The molecule has 1 aliphatic heterocycles. The number of pyridine rings is 2. The number of ether oxygens (including phenoxy) is 1. The van der Waals surface area contributed by atoms with Crippen LogP contribution in [-0.4, -0.2) is 34.1 Å². The molecular formula is C15H13F3N4O3. The van der Waals surface area contributed by atoms with Gasteiger partial charge in [0.25, 0.3) is 0 Å². The molecule has 1 fully saturated rings. The Morgan fingerprint density at radius 1 is 1.28 bits per heavy atom. The van der Waals surface area contributed by atoms with Crippen molar-refractivity contribution in [3.8, 4) is 5.88 Å². The first kappa shape index (κ1) is 16.9. The first-order valence-corrected chi connectivity index (χ1v) is 7.39. The zero-order valence-corrected chi connectivity index (χ0v) is 12.8. The Balaban J connectivity index is 1.67. The minimum absolute atomic E-state index is 0.0790. The van der Waals surface area contributed by atoms with E-state index < -0.39 is 16.7 Å². The van der Waals surface area contributed by atoms with Crippen molar-refractivity contribution >= 4 is 11.5 Å². The second-order valence-electron chi connectivity index (χ2n) is 5.46. The number of anilines is 1. The van der Waals surface area contributed by atoms with Crippen molar-refractivity contribution in [1.82, 2.24) is 9.97 Å². The Labute approximate surface area is 140 Å². The average molecular weight is 354 g/mol. The molecule has 0 saturated carbocycles. The molecule has 132 valence electrons. The fraction of sp³-hybridized carbons (Fsp3) is 0.333. The molecule has 3 rings (SSSR count). The number of hydrogen-bond donors (Lipinski definition) is 0. The van der Waals surface area contributed by atoms with Crippen LogP contribution in [0.3, 0.4) is 0 Å². The molecule has 0 amide bonds. The van der Waals surface area contributed by atoms with E-state index in [0.717, 1.165) is 12.1 Å². The zero-order chi connectivity index (χ0) is 18.0. The van der Waals surface area contributed by atoms with Gasteiger partial charge >= 0.3 is 11.9 Å². The Bertz CT molecular complexity index is 767. The third-order valence-electron chi connectivity index (χ3n) is 3.76. The van der Waals surface area contributed by atoms with Gasteiger partial charge in [-0.3, -0.25) is 10.1 Å². The quantitative estimate of drug-likeness (QED) is 0.620. The maximum absolute atomic E-state index is 12.5. The van der Waals surface area contributed by atoms with Gasteiger partial charge in [0.2, 0.25) is 11.7 Å². The third kappa shape index (κ3) is 3.78. The van der Waals surface area contributed by atoms with Crippen LogP contribution in [0.4, 0.5) is 24.7 Å². The van der Waals surface area contributed by atoms with Gasteiger partial charge in [0, 0.05) is 37.5 Å². The molecule has 0 aliphatic carbocycles. The standard InChI is InChI=1S/C15H13F3N4O3/c16-15(17,18)10-3-4-13(20-8-10)25-11-5-7-21(9-11)14-12(22(23)24)2-1-6-19-14/h1-4,6,8,11H,5,7,9H2. The zero-order valence-electron chi connectivity index (χ0n) is 12.8. The Hall–Kier alpha value is -2.91. The Morgan fingerprint density at radius 2 is 2.08 bits per heavy atom. The van der Waals surface area contributed by atoms with Gasteiger partial charge < -0.3 is 9.64 Å². The Kier molecular flexibility index (Phi) is 4.43. The molecule has 0 aromatic carbocycles. The number of aromatic nitrogens is 2. The normalized spacial score (nSPS) is 17.6. The summed E-state index contributed by atoms with van der Waals surface area (Å²) in [6.07, 6.45) is -2.06. The molecule has 10 heteroatoms. The van der Waals surface area contributed by atoms with E-state index >= 15 is 0 Å². The second-order valence-corrected chi connectivity index (χ2v) is 5.46. The summed E-state index contributed by atoms with van der Waals surface area (Å²) in [4.78, 5) is 20.0. The van der Waals surface area contributed by atoms with E-state index in [-0.39, 0.29) is 23.5 Å². The lowest BCUT2D eigenvalue weighted by atomic mass is 10.3. The van der Waals surface area contributed by atoms with Gasteiger partial charge in [-0.25, -0.2) is 9.97 Å². The number of rotatable bonds is 4. The van der Waals surface area contributed by atoms with E-state index in [0.29, 0.717) is 25.7 Å². The van der Waals surface area contributed by atoms with Crippen molar-refractivity contribution in [3.05, 3.63) is 52.3 Å². The predicted octanol–water partition coefficient (Wildman–Crippen LogP) is 3.06. The van der Waals surface area contributed by atoms with Crippen LogP contribution in [0.5, 0.6) is 5.88 Å². The lowest BCUT2D eigenvalue weighted by Crippen LogP contribution is -2.26. The van der Waals surface area contributed by atoms with E-state index in [4.69, 9.17) is 4.74 Å². The van der Waals surface area contributed by atoms with Crippen LogP contribution in [0.2, 0.25) is 0 Å². The van der Waals surface area contributed by atoms with Crippen molar-refractivity contribution < 1.29 is 22.8 Å². The summed E-state index contributed by atoms with van der Waals surface area (Å²) in [5.74, 6) is 0.328. The molecule has 7 nitrogen and oxygen atoms in total. The molecule has 3 heterocycles. The molecule has 1 saturated heterocycles. The predicted molar refractivity (Wildman–Crippen MR) is 81.4 cm³/mol. The molecule has 1 atom stereocenters. The highest BCUT2D eigenvalue weighted by atomic mass is 19.4. The number of nitrogens with zero attached hydrogens (tertiary/aromatic N) is 4. The fourth-order valence-electron chi connectivity index (χ4n) is 2.58. The Morgan fingerprint density at radius 3 is 2.72 bits per heavy atom. The van der Waals surface area contributed by atoms with Crippen LogP contribution in [0.15, 0.2) is 36.7 Å². The monoisotopic (exact) mass is 354 g/mol. The molecule has 2 aromatic heterocycles. The SMILES string of the molecule is O=[N+]([O-])c1cccnc1N1CCC(Oc2ccc(C(F)(F)F)cn2)C1. The maximum atomic E-state index is 12.5. The van der Waals surface area contributed by atoms with Gasteiger partial charge in [0.05, 0.1) is 17.0 Å². The summed E-state index contributed by atoms with van der Waals surface area (Å²) >= 11 is 0. The van der Waals surface area contributed by atoms with E-state index in [1.165, 1.54) is 18.3 Å². The van der Waals surface area contributed by atoms with Crippen molar-refractivity contribution in [1.29, 1.82) is 0 Å². The summed E-state index contributed by atoms with van der Waals surface area (Å²) in [6.45, 7) is 0.823. The van der Waals surface area contributed by atoms with Gasteiger partial charge in [-0.1, -0.05) is 0 Å². The van der Waals surface area contributed by atoms with E-state index in [9.17, 15) is 23.3 Å². The van der Waals surface area contributed by atoms with E-state index in [2.05, 4.69) is 9.97 Å². The molecule has 0 bridgehead atoms. The first-order valence-electron chi connectivity index (χ1n) is 7.39. The van der Waals surface area contributed by atoms with Crippen LogP contribution in [0.25, 0.3) is 0 Å². The topological polar surface area (TPSA) is 81.4 Å². The van der Waals surface area contributed by atoms with E-state index in [1.54, 1.807) is 4.90 Å². The number of halogens is 3. The van der Waals surface area contributed by atoms with E-state index in [1.807, 2.05) is 0 Å². The van der Waals surface area contributed by atoms with Crippen molar-refractivity contribution in [2.75, 3.05) is 18.0 Å². The summed E-state index contributed by atoms with van der Waals surface area (Å²) in [5, 5.41) is 11.1. The molecule has 2 aromatic rings. The maximum Gasteiger partial charge on any atom is 0.417 e. The summed E-state index contributed by atoms with van der Waals surface area (Å²) in [6, 6.07) is 4.92. The second kappa shape index (κ2) is 6.54.